The van der Waals surface area contributed by atoms with Crippen LogP contribution in [0.25, 0.3) is 0 Å². The van der Waals surface area contributed by atoms with Crippen LogP contribution in [0.2, 0.25) is 0 Å². The Kier molecular flexibility index (Phi) is 4.18. The predicted molar refractivity (Wildman–Crippen MR) is 72.7 cm³/mol. The van der Waals surface area contributed by atoms with Crippen LogP contribution in [0.4, 0.5) is 11.4 Å². The van der Waals surface area contributed by atoms with Gasteiger partial charge in [-0.3, -0.25) is 10.1 Å². The number of nitro benzene ring substituents is 1. The molecule has 1 saturated carbocycles. The average molecular weight is 248 g/mol. The van der Waals surface area contributed by atoms with E-state index in [1.165, 1.54) is 31.7 Å². The number of non-ortho nitro benzene ring substituents is 1. The number of rotatable bonds is 4. The molecule has 0 spiro atoms. The van der Waals surface area contributed by atoms with Gasteiger partial charge < -0.3 is 5.32 Å². The highest BCUT2D eigenvalue weighted by molar-refractivity contribution is 5.50. The largest absolute Gasteiger partial charge is 0.385 e. The quantitative estimate of drug-likeness (QED) is 0.650. The molecule has 0 radical (unpaired) electrons. The highest BCUT2D eigenvalue weighted by atomic mass is 16.6. The fraction of sp³-hybridized carbons (Fsp3) is 0.571. The lowest BCUT2D eigenvalue weighted by Crippen LogP contribution is -2.20. The van der Waals surface area contributed by atoms with Crippen LogP contribution in [0, 0.1) is 22.0 Å². The zero-order valence-electron chi connectivity index (χ0n) is 10.8. The molecule has 1 aliphatic carbocycles. The first kappa shape index (κ1) is 12.9. The second-order valence-electron chi connectivity index (χ2n) is 5.31. The van der Waals surface area contributed by atoms with E-state index in [1.54, 1.807) is 12.1 Å². The first-order chi connectivity index (χ1) is 8.65. The van der Waals surface area contributed by atoms with Gasteiger partial charge in [0.05, 0.1) is 4.92 Å². The lowest BCUT2D eigenvalue weighted by atomic mass is 9.83. The number of benzene rings is 1. The van der Waals surface area contributed by atoms with Crippen molar-refractivity contribution in [2.45, 2.75) is 32.6 Å². The van der Waals surface area contributed by atoms with Crippen LogP contribution < -0.4 is 5.32 Å². The maximum Gasteiger partial charge on any atom is 0.271 e. The standard InChI is InChI=1S/C14H20N2O2/c1-11-5-7-12(8-6-11)10-15-13-3-2-4-14(9-13)16(17)18/h2-4,9,11-12,15H,5-8,10H2,1H3. The van der Waals surface area contributed by atoms with Crippen molar-refractivity contribution in [2.24, 2.45) is 11.8 Å². The summed E-state index contributed by atoms with van der Waals surface area (Å²) in [5.41, 5.74) is 1.00. The second kappa shape index (κ2) is 5.85. The summed E-state index contributed by atoms with van der Waals surface area (Å²) in [7, 11) is 0. The van der Waals surface area contributed by atoms with Gasteiger partial charge in [-0.15, -0.1) is 0 Å². The molecular weight excluding hydrogens is 228 g/mol. The van der Waals surface area contributed by atoms with Crippen molar-refractivity contribution in [3.63, 3.8) is 0 Å². The Morgan fingerprint density at radius 3 is 2.72 bits per heavy atom. The number of nitrogens with one attached hydrogen (secondary N) is 1. The highest BCUT2D eigenvalue weighted by Crippen LogP contribution is 2.28. The highest BCUT2D eigenvalue weighted by Gasteiger charge is 2.17. The Hall–Kier alpha value is -1.58. The molecule has 2 rings (SSSR count). The molecule has 1 N–H and O–H groups in total. The van der Waals surface area contributed by atoms with E-state index in [9.17, 15) is 10.1 Å². The third-order valence-corrected chi connectivity index (χ3v) is 3.79. The Morgan fingerprint density at radius 2 is 2.06 bits per heavy atom. The van der Waals surface area contributed by atoms with E-state index in [4.69, 9.17) is 0 Å². The maximum absolute atomic E-state index is 10.7. The lowest BCUT2D eigenvalue weighted by Gasteiger charge is -2.26. The van der Waals surface area contributed by atoms with Crippen LogP contribution in [-0.2, 0) is 0 Å². The third-order valence-electron chi connectivity index (χ3n) is 3.79. The number of hydrogen-bond acceptors (Lipinski definition) is 3. The third kappa shape index (κ3) is 3.45. The van der Waals surface area contributed by atoms with Crippen LogP contribution in [-0.4, -0.2) is 11.5 Å². The minimum absolute atomic E-state index is 0.150. The summed E-state index contributed by atoms with van der Waals surface area (Å²) in [4.78, 5) is 10.3. The van der Waals surface area contributed by atoms with Crippen molar-refractivity contribution in [3.8, 4) is 0 Å². The summed E-state index contributed by atoms with van der Waals surface area (Å²) in [5.74, 6) is 1.57. The fourth-order valence-electron chi connectivity index (χ4n) is 2.52. The summed E-state index contributed by atoms with van der Waals surface area (Å²) >= 11 is 0. The summed E-state index contributed by atoms with van der Waals surface area (Å²) in [6.07, 6.45) is 5.15. The molecule has 1 aromatic carbocycles. The summed E-state index contributed by atoms with van der Waals surface area (Å²) in [6.45, 7) is 3.23. The van der Waals surface area contributed by atoms with Crippen molar-refractivity contribution in [1.82, 2.24) is 0 Å². The molecule has 0 saturated heterocycles. The molecule has 1 fully saturated rings. The van der Waals surface area contributed by atoms with Gasteiger partial charge in [0.25, 0.3) is 5.69 Å². The van der Waals surface area contributed by atoms with E-state index in [0.717, 1.165) is 18.2 Å². The predicted octanol–water partition coefficient (Wildman–Crippen LogP) is 3.83. The lowest BCUT2D eigenvalue weighted by molar-refractivity contribution is -0.384. The number of anilines is 1. The van der Waals surface area contributed by atoms with Gasteiger partial charge in [0.15, 0.2) is 0 Å². The molecule has 98 valence electrons. The van der Waals surface area contributed by atoms with Gasteiger partial charge in [0.1, 0.15) is 0 Å². The van der Waals surface area contributed by atoms with Crippen LogP contribution in [0.15, 0.2) is 24.3 Å². The van der Waals surface area contributed by atoms with E-state index in [0.29, 0.717) is 5.92 Å². The average Bonchev–Trinajstić information content (AvgIpc) is 2.38. The molecule has 0 unspecified atom stereocenters. The Balaban J connectivity index is 1.86. The van der Waals surface area contributed by atoms with E-state index in [2.05, 4.69) is 12.2 Å². The van der Waals surface area contributed by atoms with Crippen LogP contribution in [0.1, 0.15) is 32.6 Å². The Labute approximate surface area is 108 Å². The molecule has 4 heteroatoms. The molecule has 1 aliphatic rings. The van der Waals surface area contributed by atoms with Crippen molar-refractivity contribution in [1.29, 1.82) is 0 Å². The molecule has 0 amide bonds. The normalized spacial score (nSPS) is 23.6. The first-order valence-corrected chi connectivity index (χ1v) is 6.63. The van der Waals surface area contributed by atoms with Gasteiger partial charge in [-0.2, -0.15) is 0 Å². The molecular formula is C14H20N2O2. The van der Waals surface area contributed by atoms with Crippen LogP contribution >= 0.6 is 0 Å². The number of hydrogen-bond donors (Lipinski definition) is 1. The van der Waals surface area contributed by atoms with Gasteiger partial charge in [0, 0.05) is 24.4 Å². The van der Waals surface area contributed by atoms with Crippen molar-refractivity contribution in [2.75, 3.05) is 11.9 Å². The van der Waals surface area contributed by atoms with E-state index in [-0.39, 0.29) is 10.6 Å². The monoisotopic (exact) mass is 248 g/mol. The molecule has 1 aromatic rings. The molecule has 0 heterocycles. The smallest absolute Gasteiger partial charge is 0.271 e. The minimum atomic E-state index is -0.354. The summed E-state index contributed by atoms with van der Waals surface area (Å²) in [5, 5.41) is 14.0. The second-order valence-corrected chi connectivity index (χ2v) is 5.31. The number of nitrogens with zero attached hydrogens (tertiary/aromatic N) is 1. The summed E-state index contributed by atoms with van der Waals surface area (Å²) in [6, 6.07) is 6.74. The van der Waals surface area contributed by atoms with Crippen LogP contribution in [0.5, 0.6) is 0 Å². The minimum Gasteiger partial charge on any atom is -0.385 e. The van der Waals surface area contributed by atoms with Gasteiger partial charge in [-0.05, 0) is 30.7 Å². The van der Waals surface area contributed by atoms with Crippen molar-refractivity contribution in [3.05, 3.63) is 34.4 Å². The molecule has 18 heavy (non-hydrogen) atoms. The van der Waals surface area contributed by atoms with Gasteiger partial charge >= 0.3 is 0 Å². The first-order valence-electron chi connectivity index (χ1n) is 6.63. The van der Waals surface area contributed by atoms with Gasteiger partial charge in [-0.1, -0.05) is 25.8 Å². The zero-order valence-corrected chi connectivity index (χ0v) is 10.8. The molecule has 0 aliphatic heterocycles. The van der Waals surface area contributed by atoms with Crippen LogP contribution in [0.3, 0.4) is 0 Å². The van der Waals surface area contributed by atoms with E-state index >= 15 is 0 Å². The van der Waals surface area contributed by atoms with Crippen molar-refractivity contribution >= 4 is 11.4 Å². The van der Waals surface area contributed by atoms with Gasteiger partial charge in [0.2, 0.25) is 0 Å². The van der Waals surface area contributed by atoms with E-state index in [1.807, 2.05) is 6.07 Å². The molecule has 0 bridgehead atoms. The van der Waals surface area contributed by atoms with Gasteiger partial charge in [-0.25, -0.2) is 0 Å². The molecule has 4 nitrogen and oxygen atoms in total. The fourth-order valence-corrected chi connectivity index (χ4v) is 2.52. The Morgan fingerprint density at radius 1 is 1.33 bits per heavy atom. The SMILES string of the molecule is CC1CCC(CNc2cccc([N+](=O)[O-])c2)CC1. The topological polar surface area (TPSA) is 55.2 Å². The Bertz CT molecular complexity index is 412. The van der Waals surface area contributed by atoms with Crippen molar-refractivity contribution < 1.29 is 4.92 Å². The summed E-state index contributed by atoms with van der Waals surface area (Å²) < 4.78 is 0. The maximum atomic E-state index is 10.7. The molecule has 0 atom stereocenters. The zero-order chi connectivity index (χ0) is 13.0. The van der Waals surface area contributed by atoms with E-state index < -0.39 is 0 Å². The number of nitro groups is 1. The molecule has 0 aromatic heterocycles.